The van der Waals surface area contributed by atoms with Crippen LogP contribution in [0.2, 0.25) is 0 Å². The number of nitrogens with zero attached hydrogens (tertiary/aromatic N) is 2. The molecule has 1 aromatic heterocycles. The van der Waals surface area contributed by atoms with Crippen LogP contribution in [0.3, 0.4) is 0 Å². The van der Waals surface area contributed by atoms with E-state index in [1.807, 2.05) is 0 Å². The Morgan fingerprint density at radius 3 is 2.81 bits per heavy atom. The molecule has 0 radical (unpaired) electrons. The van der Waals surface area contributed by atoms with Crippen molar-refractivity contribution in [3.8, 4) is 11.5 Å². The smallest absolute Gasteiger partial charge is 0.377 e. The summed E-state index contributed by atoms with van der Waals surface area (Å²) in [6.07, 6.45) is 0. The highest BCUT2D eigenvalue weighted by atomic mass is 19.1. The van der Waals surface area contributed by atoms with Gasteiger partial charge in [0.1, 0.15) is 5.82 Å². The first-order valence-electron chi connectivity index (χ1n) is 4.21. The van der Waals surface area contributed by atoms with Crippen LogP contribution in [0.5, 0.6) is 0 Å². The lowest BCUT2D eigenvalue weighted by molar-refractivity contribution is 0.0680. The zero-order valence-electron chi connectivity index (χ0n) is 7.85. The number of hydrogen-bond donors (Lipinski definition) is 2. The van der Waals surface area contributed by atoms with E-state index >= 15 is 0 Å². The fraction of sp³-hybridized carbons (Fsp3) is 0. The summed E-state index contributed by atoms with van der Waals surface area (Å²) in [5.41, 5.74) is 5.53. The van der Waals surface area contributed by atoms with Gasteiger partial charge in [-0.25, -0.2) is 9.18 Å². The van der Waals surface area contributed by atoms with E-state index < -0.39 is 17.6 Å². The molecule has 0 saturated heterocycles. The zero-order chi connectivity index (χ0) is 11.7. The van der Waals surface area contributed by atoms with Crippen molar-refractivity contribution in [2.24, 2.45) is 0 Å². The van der Waals surface area contributed by atoms with E-state index in [9.17, 15) is 9.18 Å². The number of rotatable bonds is 2. The van der Waals surface area contributed by atoms with Crippen LogP contribution in [0.4, 0.5) is 10.1 Å². The Morgan fingerprint density at radius 2 is 2.25 bits per heavy atom. The highest BCUT2D eigenvalue weighted by molar-refractivity contribution is 5.84. The van der Waals surface area contributed by atoms with Crippen LogP contribution in [0, 0.1) is 5.82 Å². The molecule has 2 rings (SSSR count). The van der Waals surface area contributed by atoms with Crippen molar-refractivity contribution in [3.63, 3.8) is 0 Å². The van der Waals surface area contributed by atoms with Gasteiger partial charge in [0.05, 0.1) is 5.56 Å². The third-order valence-corrected chi connectivity index (χ3v) is 1.88. The Morgan fingerprint density at radius 1 is 1.50 bits per heavy atom. The minimum absolute atomic E-state index is 0.0949. The number of halogens is 1. The Kier molecular flexibility index (Phi) is 2.28. The second-order valence-corrected chi connectivity index (χ2v) is 2.93. The van der Waals surface area contributed by atoms with Crippen LogP contribution in [0.15, 0.2) is 22.7 Å². The van der Waals surface area contributed by atoms with Gasteiger partial charge in [0.15, 0.2) is 0 Å². The van der Waals surface area contributed by atoms with Gasteiger partial charge in [-0.1, -0.05) is 6.07 Å². The number of anilines is 1. The second kappa shape index (κ2) is 3.61. The summed E-state index contributed by atoms with van der Waals surface area (Å²) >= 11 is 0. The number of nitrogens with two attached hydrogens (primary N) is 1. The first-order chi connectivity index (χ1) is 7.59. The van der Waals surface area contributed by atoms with Gasteiger partial charge in [0, 0.05) is 5.69 Å². The largest absolute Gasteiger partial charge is 0.475 e. The molecule has 0 aliphatic carbocycles. The van der Waals surface area contributed by atoms with Gasteiger partial charge in [-0.2, -0.15) is 4.98 Å². The minimum Gasteiger partial charge on any atom is -0.475 e. The van der Waals surface area contributed by atoms with Gasteiger partial charge in [-0.05, 0) is 17.3 Å². The van der Waals surface area contributed by atoms with E-state index in [-0.39, 0.29) is 17.1 Å². The molecule has 0 saturated carbocycles. The van der Waals surface area contributed by atoms with Crippen LogP contribution in [0.1, 0.15) is 10.6 Å². The molecule has 2 aromatic rings. The average Bonchev–Trinajstić information content (AvgIpc) is 2.66. The maximum absolute atomic E-state index is 13.4. The molecular formula is C9H6FN3O3. The Hall–Kier alpha value is -2.44. The lowest BCUT2D eigenvalue weighted by atomic mass is 10.1. The monoisotopic (exact) mass is 223 g/mol. The van der Waals surface area contributed by atoms with E-state index in [1.165, 1.54) is 12.1 Å². The third kappa shape index (κ3) is 1.58. The predicted octanol–water partition coefficient (Wildman–Crippen LogP) is 1.16. The summed E-state index contributed by atoms with van der Waals surface area (Å²) in [6.45, 7) is 0. The molecular weight excluding hydrogens is 217 g/mol. The van der Waals surface area contributed by atoms with E-state index in [0.29, 0.717) is 0 Å². The minimum atomic E-state index is -1.36. The lowest BCUT2D eigenvalue weighted by Crippen LogP contribution is -1.99. The van der Waals surface area contributed by atoms with Crippen molar-refractivity contribution >= 4 is 11.7 Å². The molecule has 0 spiro atoms. The number of benzene rings is 1. The standard InChI is InChI=1S/C9H6FN3O3/c10-4-2-1-3-5(11)6(4)8-12-7(9(14)15)13-16-8/h1-3H,11H2,(H,14,15). The number of carboxylic acids is 1. The van der Waals surface area contributed by atoms with Crippen molar-refractivity contribution < 1.29 is 18.8 Å². The third-order valence-electron chi connectivity index (χ3n) is 1.88. The molecule has 0 atom stereocenters. The van der Waals surface area contributed by atoms with Crippen molar-refractivity contribution in [3.05, 3.63) is 29.8 Å². The van der Waals surface area contributed by atoms with Crippen LogP contribution in [-0.2, 0) is 0 Å². The number of nitrogen functional groups attached to an aromatic ring is 1. The number of carbonyl (C=O) groups is 1. The topological polar surface area (TPSA) is 102 Å². The van der Waals surface area contributed by atoms with Gasteiger partial charge in [-0.15, -0.1) is 0 Å². The summed E-state index contributed by atoms with van der Waals surface area (Å²) in [5.74, 6) is -2.81. The first kappa shape index (κ1) is 10.1. The van der Waals surface area contributed by atoms with Crippen LogP contribution >= 0.6 is 0 Å². The molecule has 0 aliphatic rings. The quantitative estimate of drug-likeness (QED) is 0.740. The normalized spacial score (nSPS) is 10.3. The molecule has 1 heterocycles. The van der Waals surface area contributed by atoms with Gasteiger partial charge < -0.3 is 15.4 Å². The van der Waals surface area contributed by atoms with Crippen LogP contribution in [0.25, 0.3) is 11.5 Å². The molecule has 0 amide bonds. The first-order valence-corrected chi connectivity index (χ1v) is 4.21. The molecule has 82 valence electrons. The van der Waals surface area contributed by atoms with Gasteiger partial charge in [0.2, 0.25) is 0 Å². The molecule has 0 aliphatic heterocycles. The highest BCUT2D eigenvalue weighted by Gasteiger charge is 2.18. The van der Waals surface area contributed by atoms with E-state index in [2.05, 4.69) is 14.7 Å². The maximum atomic E-state index is 13.4. The van der Waals surface area contributed by atoms with Crippen molar-refractivity contribution in [1.29, 1.82) is 0 Å². The van der Waals surface area contributed by atoms with E-state index in [0.717, 1.165) is 6.07 Å². The molecule has 0 unspecified atom stereocenters. The molecule has 3 N–H and O–H groups in total. The van der Waals surface area contributed by atoms with Gasteiger partial charge >= 0.3 is 5.97 Å². The average molecular weight is 223 g/mol. The van der Waals surface area contributed by atoms with E-state index in [1.54, 1.807) is 0 Å². The summed E-state index contributed by atoms with van der Waals surface area (Å²) in [5, 5.41) is 11.7. The molecule has 1 aromatic carbocycles. The fourth-order valence-corrected chi connectivity index (χ4v) is 1.18. The summed E-state index contributed by atoms with van der Waals surface area (Å²) in [4.78, 5) is 14.0. The Balaban J connectivity index is 2.54. The summed E-state index contributed by atoms with van der Waals surface area (Å²) < 4.78 is 18.0. The predicted molar refractivity (Wildman–Crippen MR) is 51.1 cm³/mol. The molecule has 16 heavy (non-hydrogen) atoms. The van der Waals surface area contributed by atoms with Gasteiger partial charge in [0.25, 0.3) is 11.7 Å². The number of aromatic carboxylic acids is 1. The number of hydrogen-bond acceptors (Lipinski definition) is 5. The molecule has 6 nitrogen and oxygen atoms in total. The van der Waals surface area contributed by atoms with Crippen LogP contribution < -0.4 is 5.73 Å². The summed E-state index contributed by atoms with van der Waals surface area (Å²) in [7, 11) is 0. The molecule has 0 bridgehead atoms. The van der Waals surface area contributed by atoms with E-state index in [4.69, 9.17) is 10.8 Å². The fourth-order valence-electron chi connectivity index (χ4n) is 1.18. The van der Waals surface area contributed by atoms with Crippen molar-refractivity contribution in [2.75, 3.05) is 5.73 Å². The van der Waals surface area contributed by atoms with Crippen molar-refractivity contribution in [2.45, 2.75) is 0 Å². The second-order valence-electron chi connectivity index (χ2n) is 2.93. The Bertz CT molecular complexity index is 532. The highest BCUT2D eigenvalue weighted by Crippen LogP contribution is 2.26. The van der Waals surface area contributed by atoms with Gasteiger partial charge in [-0.3, -0.25) is 0 Å². The Labute approximate surface area is 88.5 Å². The number of carboxylic acid groups (broad SMARTS) is 1. The maximum Gasteiger partial charge on any atom is 0.377 e. The summed E-state index contributed by atoms with van der Waals surface area (Å²) in [6, 6.07) is 4.03. The molecule has 0 fully saturated rings. The lowest BCUT2D eigenvalue weighted by Gasteiger charge is -2.00. The SMILES string of the molecule is Nc1cccc(F)c1-c1nc(C(=O)O)no1. The number of aromatic nitrogens is 2. The van der Waals surface area contributed by atoms with Crippen molar-refractivity contribution in [1.82, 2.24) is 10.1 Å². The van der Waals surface area contributed by atoms with Crippen LogP contribution in [-0.4, -0.2) is 21.2 Å². The molecule has 7 heteroatoms. The zero-order valence-corrected chi connectivity index (χ0v) is 7.85.